The lowest BCUT2D eigenvalue weighted by Crippen LogP contribution is -2.44. The summed E-state index contributed by atoms with van der Waals surface area (Å²) in [6.07, 6.45) is 1.07. The molecule has 0 radical (unpaired) electrons. The molecule has 176 valence electrons. The number of rotatable bonds is 9. The molecule has 1 N–H and O–H groups in total. The maximum atomic E-state index is 12.5. The third-order valence-corrected chi connectivity index (χ3v) is 6.79. The molecule has 1 aromatic carbocycles. The first-order valence-corrected chi connectivity index (χ1v) is 12.1. The number of nitrogens with one attached hydrogen (secondary N) is 1. The molecule has 9 heteroatoms. The first kappa shape index (κ1) is 24.7. The molecule has 33 heavy (non-hydrogen) atoms. The molecule has 0 saturated carbocycles. The van der Waals surface area contributed by atoms with Crippen LogP contribution in [0.3, 0.4) is 0 Å². The summed E-state index contributed by atoms with van der Waals surface area (Å²) in [5.41, 5.74) is 2.53. The minimum atomic E-state index is -0.127. The zero-order chi connectivity index (χ0) is 23.8. The fourth-order valence-corrected chi connectivity index (χ4v) is 4.51. The van der Waals surface area contributed by atoms with Crippen molar-refractivity contribution in [3.8, 4) is 17.3 Å². The van der Waals surface area contributed by atoms with Gasteiger partial charge in [0.25, 0.3) is 5.91 Å². The molecule has 1 aromatic heterocycles. The van der Waals surface area contributed by atoms with E-state index in [9.17, 15) is 9.59 Å². The number of hydrogen-bond acceptors (Lipinski definition) is 7. The highest BCUT2D eigenvalue weighted by atomic mass is 32.1. The number of carbonyl (C=O) groups excluding carboxylic acids is 2. The van der Waals surface area contributed by atoms with E-state index < -0.39 is 0 Å². The van der Waals surface area contributed by atoms with Crippen molar-refractivity contribution < 1.29 is 9.59 Å². The molecule has 2 heterocycles. The van der Waals surface area contributed by atoms with Gasteiger partial charge in [-0.25, -0.2) is 4.98 Å². The molecular formula is C24H32N6O2S. The molecule has 1 atom stereocenters. The van der Waals surface area contributed by atoms with Crippen LogP contribution < -0.4 is 10.2 Å². The number of anilines is 1. The minimum Gasteiger partial charge on any atom is -0.352 e. The van der Waals surface area contributed by atoms with Crippen molar-refractivity contribution in [2.75, 3.05) is 58.3 Å². The Morgan fingerprint density at radius 3 is 2.61 bits per heavy atom. The Kier molecular flexibility index (Phi) is 8.80. The third kappa shape index (κ3) is 7.01. The van der Waals surface area contributed by atoms with E-state index in [-0.39, 0.29) is 24.3 Å². The molecule has 8 nitrogen and oxygen atoms in total. The highest BCUT2D eigenvalue weighted by Crippen LogP contribution is 2.28. The molecule has 0 spiro atoms. The Morgan fingerprint density at radius 2 is 1.94 bits per heavy atom. The van der Waals surface area contributed by atoms with Crippen LogP contribution in [0.5, 0.6) is 0 Å². The number of benzene rings is 1. The van der Waals surface area contributed by atoms with Crippen LogP contribution in [-0.2, 0) is 4.79 Å². The molecule has 1 aliphatic rings. The van der Waals surface area contributed by atoms with Gasteiger partial charge in [-0.05, 0) is 31.5 Å². The van der Waals surface area contributed by atoms with Gasteiger partial charge in [-0.15, -0.1) is 11.3 Å². The fourth-order valence-electron chi connectivity index (χ4n) is 3.62. The smallest absolute Gasteiger partial charge is 0.251 e. The monoisotopic (exact) mass is 468 g/mol. The lowest BCUT2D eigenvalue weighted by Gasteiger charge is -2.32. The van der Waals surface area contributed by atoms with Gasteiger partial charge in [0.15, 0.2) is 5.13 Å². The predicted octanol–water partition coefficient (Wildman–Crippen LogP) is 2.69. The number of thiazole rings is 1. The average molecular weight is 469 g/mol. The van der Waals surface area contributed by atoms with Gasteiger partial charge in [-0.3, -0.25) is 9.59 Å². The highest BCUT2D eigenvalue weighted by Gasteiger charge is 2.18. The van der Waals surface area contributed by atoms with Crippen molar-refractivity contribution in [2.45, 2.75) is 19.8 Å². The molecule has 0 aliphatic carbocycles. The summed E-state index contributed by atoms with van der Waals surface area (Å²) in [5, 5.41) is 14.7. The van der Waals surface area contributed by atoms with E-state index in [0.717, 1.165) is 42.6 Å². The summed E-state index contributed by atoms with van der Waals surface area (Å²) < 4.78 is 0. The zero-order valence-electron chi connectivity index (χ0n) is 19.6. The minimum absolute atomic E-state index is 0.0521. The SMILES string of the molecule is CC(CCNC(=O)c1ccc(-c2csc(N3CCN(C)CC3)n2)cc1)CC(=O)N(C)CC#N. The van der Waals surface area contributed by atoms with Crippen LogP contribution in [0.2, 0.25) is 0 Å². The summed E-state index contributed by atoms with van der Waals surface area (Å²) in [7, 11) is 3.77. The highest BCUT2D eigenvalue weighted by molar-refractivity contribution is 7.14. The number of carbonyl (C=O) groups is 2. The van der Waals surface area contributed by atoms with Crippen molar-refractivity contribution in [1.29, 1.82) is 5.26 Å². The first-order chi connectivity index (χ1) is 15.9. The van der Waals surface area contributed by atoms with E-state index in [2.05, 4.69) is 27.5 Å². The molecule has 0 bridgehead atoms. The number of hydrogen-bond donors (Lipinski definition) is 1. The van der Waals surface area contributed by atoms with Gasteiger partial charge in [-0.2, -0.15) is 5.26 Å². The van der Waals surface area contributed by atoms with Gasteiger partial charge in [0.05, 0.1) is 11.8 Å². The Balaban J connectivity index is 1.46. The second-order valence-electron chi connectivity index (χ2n) is 8.64. The topological polar surface area (TPSA) is 92.6 Å². The Hall–Kier alpha value is -2.96. The van der Waals surface area contributed by atoms with Crippen molar-refractivity contribution >= 4 is 28.3 Å². The molecule has 1 unspecified atom stereocenters. The van der Waals surface area contributed by atoms with Gasteiger partial charge < -0.3 is 20.0 Å². The van der Waals surface area contributed by atoms with Gasteiger partial charge in [0, 0.05) is 62.7 Å². The number of nitriles is 1. The van der Waals surface area contributed by atoms with Crippen LogP contribution >= 0.6 is 11.3 Å². The van der Waals surface area contributed by atoms with Crippen LogP contribution in [0.4, 0.5) is 5.13 Å². The van der Waals surface area contributed by atoms with Crippen molar-refractivity contribution in [1.82, 2.24) is 20.1 Å². The molecular weight excluding hydrogens is 436 g/mol. The van der Waals surface area contributed by atoms with Gasteiger partial charge >= 0.3 is 0 Å². The molecule has 1 saturated heterocycles. The standard InChI is InChI=1S/C24H32N6O2S/c1-18(16-22(31)29(3)11-9-25)8-10-26-23(32)20-6-4-19(5-7-20)21-17-33-24(27-21)30-14-12-28(2)13-15-30/h4-7,17-18H,8,10-16H2,1-3H3,(H,26,32). The van der Waals surface area contributed by atoms with Crippen molar-refractivity contribution in [3.63, 3.8) is 0 Å². The Bertz CT molecular complexity index is 976. The maximum absolute atomic E-state index is 12.5. The largest absolute Gasteiger partial charge is 0.352 e. The van der Waals surface area contributed by atoms with E-state index in [4.69, 9.17) is 10.2 Å². The molecule has 2 amide bonds. The summed E-state index contributed by atoms with van der Waals surface area (Å²) in [4.78, 5) is 35.3. The molecule has 1 fully saturated rings. The van der Waals surface area contributed by atoms with Crippen LogP contribution in [0.1, 0.15) is 30.1 Å². The molecule has 1 aliphatic heterocycles. The Morgan fingerprint density at radius 1 is 1.24 bits per heavy atom. The van der Waals surface area contributed by atoms with Crippen LogP contribution in [-0.4, -0.2) is 80.0 Å². The predicted molar refractivity (Wildman–Crippen MR) is 131 cm³/mol. The molecule has 3 rings (SSSR count). The normalized spacial score (nSPS) is 15.0. The quantitative estimate of drug-likeness (QED) is 0.569. The second-order valence-corrected chi connectivity index (χ2v) is 9.48. The summed E-state index contributed by atoms with van der Waals surface area (Å²) in [6.45, 7) is 6.65. The maximum Gasteiger partial charge on any atom is 0.251 e. The number of likely N-dealkylation sites (N-methyl/N-ethyl adjacent to an activating group) is 1. The van der Waals surface area contributed by atoms with Crippen LogP contribution in [0, 0.1) is 17.2 Å². The number of nitrogens with zero attached hydrogens (tertiary/aromatic N) is 5. The van der Waals surface area contributed by atoms with Gasteiger partial charge in [-0.1, -0.05) is 19.1 Å². The zero-order valence-corrected chi connectivity index (χ0v) is 20.4. The third-order valence-electron chi connectivity index (χ3n) is 5.89. The fraction of sp³-hybridized carbons (Fsp3) is 0.500. The first-order valence-electron chi connectivity index (χ1n) is 11.3. The molecule has 2 aromatic rings. The van der Waals surface area contributed by atoms with E-state index in [1.807, 2.05) is 37.3 Å². The van der Waals surface area contributed by atoms with Crippen molar-refractivity contribution in [2.24, 2.45) is 5.92 Å². The van der Waals surface area contributed by atoms with Gasteiger partial charge in [0.2, 0.25) is 5.91 Å². The van der Waals surface area contributed by atoms with E-state index in [0.29, 0.717) is 24.9 Å². The van der Waals surface area contributed by atoms with Crippen LogP contribution in [0.15, 0.2) is 29.6 Å². The van der Waals surface area contributed by atoms with E-state index >= 15 is 0 Å². The number of aromatic nitrogens is 1. The van der Waals surface area contributed by atoms with Crippen LogP contribution in [0.25, 0.3) is 11.3 Å². The van der Waals surface area contributed by atoms with E-state index in [1.165, 1.54) is 4.90 Å². The summed E-state index contributed by atoms with van der Waals surface area (Å²) >= 11 is 1.66. The number of amides is 2. The summed E-state index contributed by atoms with van der Waals surface area (Å²) in [5.74, 6) is -0.0534. The second kappa shape index (κ2) is 11.8. The lowest BCUT2D eigenvalue weighted by molar-refractivity contribution is -0.130. The van der Waals surface area contributed by atoms with E-state index in [1.54, 1.807) is 18.4 Å². The summed E-state index contributed by atoms with van der Waals surface area (Å²) in [6, 6.07) is 9.49. The number of piperazine rings is 1. The van der Waals surface area contributed by atoms with Gasteiger partial charge in [0.1, 0.15) is 6.54 Å². The van der Waals surface area contributed by atoms with Crippen molar-refractivity contribution in [3.05, 3.63) is 35.2 Å². The Labute approximate surface area is 199 Å². The lowest BCUT2D eigenvalue weighted by atomic mass is 10.0. The average Bonchev–Trinajstić information content (AvgIpc) is 3.30.